The second-order valence-electron chi connectivity index (χ2n) is 3.44. The molecule has 0 spiro atoms. The molecule has 0 saturated carbocycles. The number of hydrogen-bond donors (Lipinski definition) is 0. The molecule has 0 aliphatic heterocycles. The average Bonchev–Trinajstić information content (AvgIpc) is 2.15. The van der Waals surface area contributed by atoms with Crippen LogP contribution in [0.3, 0.4) is 0 Å². The lowest BCUT2D eigenvalue weighted by Crippen LogP contribution is -1.89. The van der Waals surface area contributed by atoms with Crippen LogP contribution in [0.15, 0.2) is 24.9 Å². The molecule has 0 unspecified atom stereocenters. The van der Waals surface area contributed by atoms with Gasteiger partial charge in [-0.25, -0.2) is 0 Å². The molecule has 1 nitrogen and oxygen atoms in total. The molecule has 0 aromatic carbocycles. The Bertz CT molecular complexity index is 272. The highest BCUT2D eigenvalue weighted by Crippen LogP contribution is 2.10. The molecule has 13 heavy (non-hydrogen) atoms. The molecule has 0 atom stereocenters. The summed E-state index contributed by atoms with van der Waals surface area (Å²) in [5.41, 5.74) is 3.36. The minimum atomic E-state index is 1.00. The van der Waals surface area contributed by atoms with Gasteiger partial charge in [0, 0.05) is 6.20 Å². The van der Waals surface area contributed by atoms with Crippen LogP contribution in [0.2, 0.25) is 0 Å². The van der Waals surface area contributed by atoms with Crippen molar-refractivity contribution in [3.8, 4) is 0 Å². The number of hydrogen-bond acceptors (Lipinski definition) is 1. The Hall–Kier alpha value is -1.11. The Labute approximate surface area is 80.5 Å². The number of rotatable bonds is 4. The van der Waals surface area contributed by atoms with Crippen molar-refractivity contribution in [1.82, 2.24) is 4.98 Å². The third-order valence-electron chi connectivity index (χ3n) is 2.08. The molecule has 0 amide bonds. The van der Waals surface area contributed by atoms with Gasteiger partial charge in [-0.1, -0.05) is 26.0 Å². The third kappa shape index (κ3) is 3.02. The van der Waals surface area contributed by atoms with E-state index >= 15 is 0 Å². The molecule has 0 radical (unpaired) electrons. The molecule has 0 aliphatic rings. The van der Waals surface area contributed by atoms with Crippen molar-refractivity contribution in [1.29, 1.82) is 0 Å². The van der Waals surface area contributed by atoms with E-state index in [4.69, 9.17) is 0 Å². The summed E-state index contributed by atoms with van der Waals surface area (Å²) in [6, 6.07) is 4.19. The molecule has 0 fully saturated rings. The van der Waals surface area contributed by atoms with E-state index in [2.05, 4.69) is 24.6 Å². The summed E-state index contributed by atoms with van der Waals surface area (Å²) in [5, 5.41) is 0. The zero-order valence-electron chi connectivity index (χ0n) is 8.51. The van der Waals surface area contributed by atoms with Crippen LogP contribution in [-0.4, -0.2) is 4.98 Å². The molecule has 1 heteroatoms. The quantitative estimate of drug-likeness (QED) is 0.683. The van der Waals surface area contributed by atoms with Crippen molar-refractivity contribution in [2.24, 2.45) is 0 Å². The summed E-state index contributed by atoms with van der Waals surface area (Å²) in [6.45, 7) is 8.04. The first kappa shape index (κ1) is 9.97. The van der Waals surface area contributed by atoms with Crippen LogP contribution in [0.25, 0.3) is 5.57 Å². The fourth-order valence-electron chi connectivity index (χ4n) is 1.21. The number of unbranched alkanes of at least 4 members (excludes halogenated alkanes) is 1. The van der Waals surface area contributed by atoms with E-state index in [0.717, 1.165) is 17.7 Å². The smallest absolute Gasteiger partial charge is 0.0653 e. The highest BCUT2D eigenvalue weighted by atomic mass is 14.7. The fourth-order valence-corrected chi connectivity index (χ4v) is 1.21. The van der Waals surface area contributed by atoms with E-state index in [-0.39, 0.29) is 0 Å². The molecule has 1 heterocycles. The van der Waals surface area contributed by atoms with Crippen LogP contribution in [0.4, 0.5) is 0 Å². The molecule has 0 saturated heterocycles. The van der Waals surface area contributed by atoms with Gasteiger partial charge in [-0.2, -0.15) is 0 Å². The van der Waals surface area contributed by atoms with Crippen LogP contribution < -0.4 is 0 Å². The summed E-state index contributed by atoms with van der Waals surface area (Å²) in [5.74, 6) is 0. The van der Waals surface area contributed by atoms with E-state index in [1.807, 2.05) is 19.2 Å². The zero-order valence-corrected chi connectivity index (χ0v) is 8.51. The highest BCUT2D eigenvalue weighted by molar-refractivity contribution is 5.57. The van der Waals surface area contributed by atoms with Crippen molar-refractivity contribution >= 4 is 5.57 Å². The maximum atomic E-state index is 4.33. The standard InChI is InChI=1S/C12H17N/c1-4-5-6-11-7-8-12(10(2)3)13-9-11/h7-9H,2,4-6H2,1,3H3. The SMILES string of the molecule is C=C(C)c1ccc(CCCC)cn1. The summed E-state index contributed by atoms with van der Waals surface area (Å²) in [7, 11) is 0. The lowest BCUT2D eigenvalue weighted by Gasteiger charge is -2.01. The van der Waals surface area contributed by atoms with Crippen molar-refractivity contribution < 1.29 is 0 Å². The number of pyridine rings is 1. The van der Waals surface area contributed by atoms with E-state index in [1.165, 1.54) is 18.4 Å². The molecule has 0 N–H and O–H groups in total. The van der Waals surface area contributed by atoms with Gasteiger partial charge in [-0.15, -0.1) is 0 Å². The summed E-state index contributed by atoms with van der Waals surface area (Å²) in [6.07, 6.45) is 5.58. The number of allylic oxidation sites excluding steroid dienone is 1. The Morgan fingerprint density at radius 1 is 1.46 bits per heavy atom. The van der Waals surface area contributed by atoms with Crippen molar-refractivity contribution in [3.05, 3.63) is 36.2 Å². The minimum Gasteiger partial charge on any atom is -0.256 e. The van der Waals surface area contributed by atoms with Crippen molar-refractivity contribution in [2.75, 3.05) is 0 Å². The van der Waals surface area contributed by atoms with Crippen molar-refractivity contribution in [2.45, 2.75) is 33.1 Å². The second-order valence-corrected chi connectivity index (χ2v) is 3.44. The average molecular weight is 175 g/mol. The van der Waals surface area contributed by atoms with Gasteiger partial charge in [0.15, 0.2) is 0 Å². The lowest BCUT2D eigenvalue weighted by atomic mass is 10.1. The maximum absolute atomic E-state index is 4.33. The first-order valence-corrected chi connectivity index (χ1v) is 4.85. The van der Waals surface area contributed by atoms with Gasteiger partial charge in [0.1, 0.15) is 0 Å². The normalized spacial score (nSPS) is 10.0. The number of nitrogens with zero attached hydrogens (tertiary/aromatic N) is 1. The van der Waals surface area contributed by atoms with Crippen LogP contribution in [0.5, 0.6) is 0 Å². The number of aryl methyl sites for hydroxylation is 1. The Morgan fingerprint density at radius 2 is 2.23 bits per heavy atom. The topological polar surface area (TPSA) is 12.9 Å². The highest BCUT2D eigenvalue weighted by Gasteiger charge is 1.95. The van der Waals surface area contributed by atoms with Crippen LogP contribution in [-0.2, 0) is 6.42 Å². The van der Waals surface area contributed by atoms with Gasteiger partial charge in [0.05, 0.1) is 5.69 Å². The lowest BCUT2D eigenvalue weighted by molar-refractivity contribution is 0.792. The molecule has 0 bridgehead atoms. The molecular formula is C12H17N. The molecule has 1 aromatic rings. The summed E-state index contributed by atoms with van der Waals surface area (Å²) >= 11 is 0. The number of aromatic nitrogens is 1. The maximum Gasteiger partial charge on any atom is 0.0653 e. The molecule has 0 aliphatic carbocycles. The first-order valence-electron chi connectivity index (χ1n) is 4.85. The molecular weight excluding hydrogens is 158 g/mol. The van der Waals surface area contributed by atoms with Crippen molar-refractivity contribution in [3.63, 3.8) is 0 Å². The fraction of sp³-hybridized carbons (Fsp3) is 0.417. The Kier molecular flexibility index (Phi) is 3.69. The summed E-state index contributed by atoms with van der Waals surface area (Å²) < 4.78 is 0. The van der Waals surface area contributed by atoms with E-state index < -0.39 is 0 Å². The molecule has 1 rings (SSSR count). The van der Waals surface area contributed by atoms with Gasteiger partial charge in [0.2, 0.25) is 0 Å². The van der Waals surface area contributed by atoms with Gasteiger partial charge >= 0.3 is 0 Å². The monoisotopic (exact) mass is 175 g/mol. The second kappa shape index (κ2) is 4.80. The minimum absolute atomic E-state index is 1.00. The Balaban J connectivity index is 2.64. The summed E-state index contributed by atoms with van der Waals surface area (Å²) in [4.78, 5) is 4.33. The molecule has 1 aromatic heterocycles. The first-order chi connectivity index (χ1) is 6.24. The van der Waals surface area contributed by atoms with Gasteiger partial charge in [-0.3, -0.25) is 4.98 Å². The van der Waals surface area contributed by atoms with Crippen LogP contribution >= 0.6 is 0 Å². The molecule has 70 valence electrons. The van der Waals surface area contributed by atoms with E-state index in [0.29, 0.717) is 0 Å². The predicted molar refractivity (Wildman–Crippen MR) is 57.6 cm³/mol. The van der Waals surface area contributed by atoms with Crippen LogP contribution in [0.1, 0.15) is 37.9 Å². The predicted octanol–water partition coefficient (Wildman–Crippen LogP) is 3.46. The third-order valence-corrected chi connectivity index (χ3v) is 2.08. The Morgan fingerprint density at radius 3 is 2.69 bits per heavy atom. The van der Waals surface area contributed by atoms with Gasteiger partial charge < -0.3 is 0 Å². The van der Waals surface area contributed by atoms with Gasteiger partial charge in [-0.05, 0) is 37.0 Å². The zero-order chi connectivity index (χ0) is 9.68. The van der Waals surface area contributed by atoms with Crippen LogP contribution in [0, 0.1) is 0 Å². The van der Waals surface area contributed by atoms with E-state index in [9.17, 15) is 0 Å². The van der Waals surface area contributed by atoms with E-state index in [1.54, 1.807) is 0 Å². The van der Waals surface area contributed by atoms with Gasteiger partial charge in [0.25, 0.3) is 0 Å². The largest absolute Gasteiger partial charge is 0.256 e.